The topological polar surface area (TPSA) is 53.6 Å². The molecule has 0 amide bonds. The molecule has 1 aromatic heterocycles. The van der Waals surface area contributed by atoms with Crippen molar-refractivity contribution in [1.82, 2.24) is 20.5 Å². The third-order valence-electron chi connectivity index (χ3n) is 2.77. The fourth-order valence-electron chi connectivity index (χ4n) is 1.97. The summed E-state index contributed by atoms with van der Waals surface area (Å²) in [6, 6.07) is 0.683. The summed E-state index contributed by atoms with van der Waals surface area (Å²) in [6.07, 6.45) is 6.16. The Morgan fingerprint density at radius 3 is 3.00 bits per heavy atom. The number of rotatable bonds is 3. The van der Waals surface area contributed by atoms with Crippen LogP contribution in [0.25, 0.3) is 0 Å². The van der Waals surface area contributed by atoms with E-state index in [-0.39, 0.29) is 0 Å². The van der Waals surface area contributed by atoms with Gasteiger partial charge in [-0.1, -0.05) is 6.42 Å². The minimum atomic E-state index is 0.683. The first-order chi connectivity index (χ1) is 6.84. The van der Waals surface area contributed by atoms with Crippen molar-refractivity contribution in [2.75, 3.05) is 6.54 Å². The molecule has 2 N–H and O–H groups in total. The van der Waals surface area contributed by atoms with Crippen molar-refractivity contribution in [3.05, 3.63) is 11.6 Å². The highest BCUT2D eigenvalue weighted by atomic mass is 15.2. The zero-order chi connectivity index (χ0) is 9.80. The van der Waals surface area contributed by atoms with Crippen molar-refractivity contribution in [2.45, 2.75) is 45.1 Å². The second-order valence-corrected chi connectivity index (χ2v) is 4.02. The first-order valence-corrected chi connectivity index (χ1v) is 5.46. The number of hydrogen-bond donors (Lipinski definition) is 2. The predicted octanol–water partition coefficient (Wildman–Crippen LogP) is 1.19. The van der Waals surface area contributed by atoms with Crippen LogP contribution in [0.2, 0.25) is 0 Å². The average molecular weight is 194 g/mol. The Bertz CT molecular complexity index is 275. The normalized spacial score (nSPS) is 22.5. The quantitative estimate of drug-likeness (QED) is 0.760. The van der Waals surface area contributed by atoms with E-state index >= 15 is 0 Å². The molecular weight excluding hydrogens is 176 g/mol. The number of nitrogens with zero attached hydrogens (tertiary/aromatic N) is 2. The lowest BCUT2D eigenvalue weighted by atomic mass is 10.0. The second-order valence-electron chi connectivity index (χ2n) is 4.02. The molecule has 4 heteroatoms. The molecule has 0 aromatic carbocycles. The minimum absolute atomic E-state index is 0.683. The van der Waals surface area contributed by atoms with Crippen LogP contribution >= 0.6 is 0 Å². The molecule has 1 aliphatic rings. The van der Waals surface area contributed by atoms with Gasteiger partial charge in [-0.2, -0.15) is 5.10 Å². The third kappa shape index (κ3) is 2.54. The van der Waals surface area contributed by atoms with Gasteiger partial charge in [0.05, 0.1) is 0 Å². The standard InChI is InChI=1S/C10H18N4/c1-8-12-10(14-13-8)6-5-9-4-2-3-7-11-9/h9,11H,2-7H2,1H3,(H,12,13,14). The first-order valence-electron chi connectivity index (χ1n) is 5.46. The van der Waals surface area contributed by atoms with Crippen LogP contribution in [0, 0.1) is 6.92 Å². The first kappa shape index (κ1) is 9.65. The summed E-state index contributed by atoms with van der Waals surface area (Å²) >= 11 is 0. The lowest BCUT2D eigenvalue weighted by molar-refractivity contribution is 0.381. The van der Waals surface area contributed by atoms with Crippen LogP contribution in [-0.4, -0.2) is 27.8 Å². The van der Waals surface area contributed by atoms with E-state index in [0.29, 0.717) is 6.04 Å². The van der Waals surface area contributed by atoms with Gasteiger partial charge in [-0.3, -0.25) is 5.10 Å². The van der Waals surface area contributed by atoms with Crippen LogP contribution in [0.5, 0.6) is 0 Å². The van der Waals surface area contributed by atoms with Crippen LogP contribution in [-0.2, 0) is 6.42 Å². The molecule has 1 fully saturated rings. The molecule has 1 saturated heterocycles. The summed E-state index contributed by atoms with van der Waals surface area (Å²) in [5.74, 6) is 1.87. The van der Waals surface area contributed by atoms with E-state index in [2.05, 4.69) is 20.5 Å². The van der Waals surface area contributed by atoms with E-state index in [1.54, 1.807) is 0 Å². The fourth-order valence-corrected chi connectivity index (χ4v) is 1.97. The van der Waals surface area contributed by atoms with E-state index in [9.17, 15) is 0 Å². The largest absolute Gasteiger partial charge is 0.314 e. The van der Waals surface area contributed by atoms with Gasteiger partial charge in [0.25, 0.3) is 0 Å². The summed E-state index contributed by atoms with van der Waals surface area (Å²) < 4.78 is 0. The molecule has 1 aliphatic heterocycles. The van der Waals surface area contributed by atoms with Gasteiger partial charge in [0, 0.05) is 12.5 Å². The van der Waals surface area contributed by atoms with Gasteiger partial charge in [0.1, 0.15) is 5.82 Å². The number of piperidine rings is 1. The van der Waals surface area contributed by atoms with Gasteiger partial charge >= 0.3 is 0 Å². The summed E-state index contributed by atoms with van der Waals surface area (Å²) in [7, 11) is 0. The van der Waals surface area contributed by atoms with E-state index in [1.807, 2.05) is 6.92 Å². The molecule has 2 rings (SSSR count). The minimum Gasteiger partial charge on any atom is -0.314 e. The third-order valence-corrected chi connectivity index (χ3v) is 2.77. The van der Waals surface area contributed by atoms with Crippen LogP contribution < -0.4 is 5.32 Å². The maximum Gasteiger partial charge on any atom is 0.150 e. The summed E-state index contributed by atoms with van der Waals surface area (Å²) in [4.78, 5) is 4.30. The Morgan fingerprint density at radius 1 is 1.43 bits per heavy atom. The van der Waals surface area contributed by atoms with Crippen molar-refractivity contribution in [1.29, 1.82) is 0 Å². The van der Waals surface area contributed by atoms with E-state index in [1.165, 1.54) is 25.8 Å². The van der Waals surface area contributed by atoms with Crippen molar-refractivity contribution < 1.29 is 0 Å². The fraction of sp³-hybridized carbons (Fsp3) is 0.800. The summed E-state index contributed by atoms with van der Waals surface area (Å²) in [6.45, 7) is 3.12. The van der Waals surface area contributed by atoms with Crippen LogP contribution in [0.15, 0.2) is 0 Å². The molecular formula is C10H18N4. The number of aromatic amines is 1. The van der Waals surface area contributed by atoms with Gasteiger partial charge in [-0.15, -0.1) is 0 Å². The van der Waals surface area contributed by atoms with Crippen LogP contribution in [0.4, 0.5) is 0 Å². The van der Waals surface area contributed by atoms with Crippen molar-refractivity contribution in [2.24, 2.45) is 0 Å². The highest BCUT2D eigenvalue weighted by Crippen LogP contribution is 2.11. The second kappa shape index (κ2) is 4.55. The molecule has 4 nitrogen and oxygen atoms in total. The molecule has 1 unspecified atom stereocenters. The molecule has 2 heterocycles. The number of H-pyrrole nitrogens is 1. The van der Waals surface area contributed by atoms with Crippen LogP contribution in [0.3, 0.4) is 0 Å². The Morgan fingerprint density at radius 2 is 2.36 bits per heavy atom. The monoisotopic (exact) mass is 194 g/mol. The number of aryl methyl sites for hydroxylation is 2. The molecule has 1 aromatic rings. The molecule has 1 atom stereocenters. The maximum atomic E-state index is 4.30. The van der Waals surface area contributed by atoms with Gasteiger partial charge < -0.3 is 5.32 Å². The van der Waals surface area contributed by atoms with Gasteiger partial charge in [-0.05, 0) is 32.7 Å². The molecule has 0 spiro atoms. The molecule has 0 aliphatic carbocycles. The van der Waals surface area contributed by atoms with Gasteiger partial charge in [0.2, 0.25) is 0 Å². The lowest BCUT2D eigenvalue weighted by Gasteiger charge is -2.22. The molecule has 78 valence electrons. The van der Waals surface area contributed by atoms with E-state index in [4.69, 9.17) is 0 Å². The summed E-state index contributed by atoms with van der Waals surface area (Å²) in [5, 5.41) is 10.5. The molecule has 0 saturated carbocycles. The smallest absolute Gasteiger partial charge is 0.150 e. The number of aromatic nitrogens is 3. The maximum absolute atomic E-state index is 4.30. The Labute approximate surface area is 84.5 Å². The molecule has 0 radical (unpaired) electrons. The Kier molecular flexibility index (Phi) is 3.14. The highest BCUT2D eigenvalue weighted by Gasteiger charge is 2.12. The van der Waals surface area contributed by atoms with Crippen LogP contribution in [0.1, 0.15) is 37.3 Å². The Hall–Kier alpha value is -0.900. The van der Waals surface area contributed by atoms with Crippen molar-refractivity contribution in [3.63, 3.8) is 0 Å². The Balaban J connectivity index is 1.76. The number of hydrogen-bond acceptors (Lipinski definition) is 3. The zero-order valence-corrected chi connectivity index (χ0v) is 8.71. The highest BCUT2D eigenvalue weighted by molar-refractivity contribution is 4.89. The molecule has 0 bridgehead atoms. The summed E-state index contributed by atoms with van der Waals surface area (Å²) in [5.41, 5.74) is 0. The number of nitrogens with one attached hydrogen (secondary N) is 2. The average Bonchev–Trinajstić information content (AvgIpc) is 2.63. The van der Waals surface area contributed by atoms with Crippen molar-refractivity contribution >= 4 is 0 Å². The van der Waals surface area contributed by atoms with E-state index in [0.717, 1.165) is 24.5 Å². The van der Waals surface area contributed by atoms with Crippen molar-refractivity contribution in [3.8, 4) is 0 Å². The predicted molar refractivity (Wildman–Crippen MR) is 55.1 cm³/mol. The molecule has 14 heavy (non-hydrogen) atoms. The van der Waals surface area contributed by atoms with Gasteiger partial charge in [0.15, 0.2) is 5.82 Å². The zero-order valence-electron chi connectivity index (χ0n) is 8.71. The van der Waals surface area contributed by atoms with Gasteiger partial charge in [-0.25, -0.2) is 4.98 Å². The lowest BCUT2D eigenvalue weighted by Crippen LogP contribution is -2.34. The SMILES string of the molecule is Cc1nc(CCC2CCCCN2)n[nH]1. The van der Waals surface area contributed by atoms with E-state index < -0.39 is 0 Å².